The third-order valence-corrected chi connectivity index (χ3v) is 5.41. The molecule has 0 bridgehead atoms. The highest BCUT2D eigenvalue weighted by molar-refractivity contribution is 7.92. The highest BCUT2D eigenvalue weighted by Gasteiger charge is 2.11. The summed E-state index contributed by atoms with van der Waals surface area (Å²) in [4.78, 5) is 16.2. The molecule has 0 spiro atoms. The van der Waals surface area contributed by atoms with Crippen molar-refractivity contribution >= 4 is 38.5 Å². The summed E-state index contributed by atoms with van der Waals surface area (Å²) in [7, 11) is -3.62. The van der Waals surface area contributed by atoms with Gasteiger partial charge < -0.3 is 5.32 Å². The predicted octanol–water partition coefficient (Wildman–Crippen LogP) is 2.52. The van der Waals surface area contributed by atoms with Crippen LogP contribution in [0.5, 0.6) is 0 Å². The van der Waals surface area contributed by atoms with Crippen molar-refractivity contribution in [2.45, 2.75) is 6.42 Å². The number of hydrogen-bond donors (Lipinski definition) is 2. The van der Waals surface area contributed by atoms with Gasteiger partial charge in [-0.25, -0.2) is 13.1 Å². The minimum atomic E-state index is -3.62. The van der Waals surface area contributed by atoms with Crippen molar-refractivity contribution in [2.75, 3.05) is 11.9 Å². The Morgan fingerprint density at radius 3 is 2.61 bits per heavy atom. The van der Waals surface area contributed by atoms with Crippen LogP contribution in [0.15, 0.2) is 60.1 Å². The van der Waals surface area contributed by atoms with E-state index in [2.05, 4.69) is 25.2 Å². The van der Waals surface area contributed by atoms with Gasteiger partial charge in [-0.2, -0.15) is 0 Å². The highest BCUT2D eigenvalue weighted by Crippen LogP contribution is 2.24. The predicted molar refractivity (Wildman–Crippen MR) is 109 cm³/mol. The molecule has 2 N–H and O–H groups in total. The van der Waals surface area contributed by atoms with E-state index in [-0.39, 0.29) is 18.9 Å². The number of carbonyl (C=O) groups is 1. The number of sulfonamides is 1. The lowest BCUT2D eigenvalue weighted by atomic mass is 10.2. The van der Waals surface area contributed by atoms with Gasteiger partial charge in [-0.3, -0.25) is 9.78 Å². The number of carbonyl (C=O) groups excluding carboxylic acids is 1. The van der Waals surface area contributed by atoms with Crippen LogP contribution in [-0.2, 0) is 14.8 Å². The Bertz CT molecular complexity index is 1050. The summed E-state index contributed by atoms with van der Waals surface area (Å²) in [6, 6.07) is 14.5. The van der Waals surface area contributed by atoms with Crippen molar-refractivity contribution in [3.8, 4) is 10.7 Å². The van der Waals surface area contributed by atoms with E-state index in [9.17, 15) is 13.2 Å². The maximum Gasteiger partial charge on any atom is 0.233 e. The number of pyridine rings is 1. The first-order valence-corrected chi connectivity index (χ1v) is 10.7. The SMILES string of the molecule is O=C(CCNS(=O)(=O)/C=C/c1ccccc1)Nc1nnc(-c2ccccn2)s1. The Kier molecular flexibility index (Phi) is 6.58. The fourth-order valence-corrected chi connectivity index (χ4v) is 3.69. The lowest BCUT2D eigenvalue weighted by Gasteiger charge is -2.03. The number of anilines is 1. The van der Waals surface area contributed by atoms with Crippen molar-refractivity contribution in [3.05, 3.63) is 65.7 Å². The molecular formula is C18H17N5O3S2. The standard InChI is InChI=1S/C18H17N5O3S2/c24-16(21-18-23-22-17(27-18)15-8-4-5-11-19-15)9-12-20-28(25,26)13-10-14-6-2-1-3-7-14/h1-8,10-11,13,20H,9,12H2,(H,21,23,24)/b13-10+. The molecule has 0 atom stereocenters. The van der Waals surface area contributed by atoms with Crippen LogP contribution in [0.2, 0.25) is 0 Å². The maximum atomic E-state index is 12.0. The van der Waals surface area contributed by atoms with Gasteiger partial charge in [0, 0.05) is 24.6 Å². The molecule has 0 aliphatic rings. The van der Waals surface area contributed by atoms with Gasteiger partial charge in [-0.05, 0) is 23.8 Å². The third kappa shape index (κ3) is 6.05. The van der Waals surface area contributed by atoms with Crippen molar-refractivity contribution in [2.24, 2.45) is 0 Å². The van der Waals surface area contributed by atoms with Gasteiger partial charge in [0.1, 0.15) is 5.69 Å². The van der Waals surface area contributed by atoms with E-state index >= 15 is 0 Å². The zero-order valence-electron chi connectivity index (χ0n) is 14.6. The minimum absolute atomic E-state index is 0.0286. The number of nitrogens with zero attached hydrogens (tertiary/aromatic N) is 3. The zero-order chi connectivity index (χ0) is 19.8. The van der Waals surface area contributed by atoms with E-state index in [0.717, 1.165) is 11.0 Å². The average molecular weight is 416 g/mol. The van der Waals surface area contributed by atoms with E-state index < -0.39 is 10.0 Å². The van der Waals surface area contributed by atoms with Gasteiger partial charge in [-0.1, -0.05) is 47.7 Å². The molecule has 1 amide bonds. The largest absolute Gasteiger partial charge is 0.300 e. The normalized spacial score (nSPS) is 11.6. The highest BCUT2D eigenvalue weighted by atomic mass is 32.2. The van der Waals surface area contributed by atoms with Crippen molar-refractivity contribution < 1.29 is 13.2 Å². The van der Waals surface area contributed by atoms with Gasteiger partial charge >= 0.3 is 0 Å². The van der Waals surface area contributed by atoms with Crippen LogP contribution in [0.4, 0.5) is 5.13 Å². The second-order valence-corrected chi connectivity index (χ2v) is 8.21. The van der Waals surface area contributed by atoms with E-state index in [1.807, 2.05) is 24.3 Å². The van der Waals surface area contributed by atoms with Crippen LogP contribution in [0, 0.1) is 0 Å². The zero-order valence-corrected chi connectivity index (χ0v) is 16.3. The van der Waals surface area contributed by atoms with Crippen LogP contribution in [-0.4, -0.2) is 36.1 Å². The van der Waals surface area contributed by atoms with Crippen molar-refractivity contribution in [3.63, 3.8) is 0 Å². The first-order chi connectivity index (χ1) is 13.5. The van der Waals surface area contributed by atoms with Gasteiger partial charge in [0.05, 0.1) is 0 Å². The molecule has 3 rings (SSSR count). The number of hydrogen-bond acceptors (Lipinski definition) is 7. The smallest absolute Gasteiger partial charge is 0.233 e. The fourth-order valence-electron chi connectivity index (χ4n) is 2.14. The van der Waals surface area contributed by atoms with Gasteiger partial charge in [0.15, 0.2) is 5.01 Å². The van der Waals surface area contributed by atoms with Crippen LogP contribution in [0.1, 0.15) is 12.0 Å². The second kappa shape index (κ2) is 9.31. The van der Waals surface area contributed by atoms with E-state index in [4.69, 9.17) is 0 Å². The molecule has 0 radical (unpaired) electrons. The van der Waals surface area contributed by atoms with Gasteiger partial charge in [0.2, 0.25) is 21.1 Å². The van der Waals surface area contributed by atoms with Gasteiger partial charge in [0.25, 0.3) is 0 Å². The van der Waals surface area contributed by atoms with Gasteiger partial charge in [-0.15, -0.1) is 10.2 Å². The lowest BCUT2D eigenvalue weighted by molar-refractivity contribution is -0.116. The summed E-state index contributed by atoms with van der Waals surface area (Å²) in [5.74, 6) is -0.363. The maximum absolute atomic E-state index is 12.0. The van der Waals surface area contributed by atoms with E-state index in [1.165, 1.54) is 17.4 Å². The molecular weight excluding hydrogens is 398 g/mol. The molecule has 8 nitrogen and oxygen atoms in total. The van der Waals surface area contributed by atoms with Crippen molar-refractivity contribution in [1.82, 2.24) is 19.9 Å². The topological polar surface area (TPSA) is 114 Å². The van der Waals surface area contributed by atoms with Crippen LogP contribution < -0.4 is 10.0 Å². The number of amides is 1. The Hall–Kier alpha value is -2.95. The first-order valence-electron chi connectivity index (χ1n) is 8.29. The Morgan fingerprint density at radius 2 is 1.86 bits per heavy atom. The summed E-state index contributed by atoms with van der Waals surface area (Å²) in [5.41, 5.74) is 1.43. The summed E-state index contributed by atoms with van der Waals surface area (Å²) in [5, 5.41) is 12.5. The average Bonchev–Trinajstić information content (AvgIpc) is 3.16. The third-order valence-electron chi connectivity index (χ3n) is 3.45. The van der Waals surface area contributed by atoms with E-state index in [1.54, 1.807) is 30.5 Å². The molecule has 1 aromatic carbocycles. The molecule has 144 valence electrons. The van der Waals surface area contributed by atoms with Crippen LogP contribution in [0.3, 0.4) is 0 Å². The first kappa shape index (κ1) is 19.8. The molecule has 0 saturated heterocycles. The molecule has 0 saturated carbocycles. The molecule has 28 heavy (non-hydrogen) atoms. The number of nitrogens with one attached hydrogen (secondary N) is 2. The number of rotatable bonds is 8. The Labute approximate surface area is 166 Å². The van der Waals surface area contributed by atoms with E-state index in [0.29, 0.717) is 15.8 Å². The summed E-state index contributed by atoms with van der Waals surface area (Å²) < 4.78 is 26.3. The number of benzene rings is 1. The minimum Gasteiger partial charge on any atom is -0.300 e. The van der Waals surface area contributed by atoms with Crippen molar-refractivity contribution in [1.29, 1.82) is 0 Å². The number of aromatic nitrogens is 3. The lowest BCUT2D eigenvalue weighted by Crippen LogP contribution is -2.26. The fraction of sp³-hybridized carbons (Fsp3) is 0.111. The Balaban J connectivity index is 1.47. The molecule has 2 heterocycles. The molecule has 0 fully saturated rings. The molecule has 0 unspecified atom stereocenters. The molecule has 0 aliphatic carbocycles. The second-order valence-electron chi connectivity index (χ2n) is 5.58. The van der Waals surface area contributed by atoms with Crippen LogP contribution >= 0.6 is 11.3 Å². The molecule has 3 aromatic rings. The Morgan fingerprint density at radius 1 is 1.07 bits per heavy atom. The molecule has 10 heteroatoms. The van der Waals surface area contributed by atoms with Crippen LogP contribution in [0.25, 0.3) is 16.8 Å². The summed E-state index contributed by atoms with van der Waals surface area (Å²) >= 11 is 1.19. The molecule has 0 aliphatic heterocycles. The quantitative estimate of drug-likeness (QED) is 0.584. The molecule has 2 aromatic heterocycles. The monoisotopic (exact) mass is 415 g/mol. The summed E-state index contributed by atoms with van der Waals surface area (Å²) in [6.07, 6.45) is 3.10. The summed E-state index contributed by atoms with van der Waals surface area (Å²) in [6.45, 7) is -0.0286.